The zero-order chi connectivity index (χ0) is 13.8. The SMILES string of the molecule is Cc1ccc(CNc2cc(-c3ccccn3)[nH]n2)cc1. The molecule has 20 heavy (non-hydrogen) atoms. The first-order chi connectivity index (χ1) is 9.81. The molecule has 0 amide bonds. The molecule has 0 fully saturated rings. The minimum absolute atomic E-state index is 0.757. The molecule has 2 N–H and O–H groups in total. The highest BCUT2D eigenvalue weighted by Gasteiger charge is 2.03. The molecular weight excluding hydrogens is 248 g/mol. The standard InChI is InChI=1S/C16H16N4/c1-12-5-7-13(8-6-12)11-18-16-10-15(19-20-16)14-4-2-3-9-17-14/h2-10H,11H2,1H3,(H2,18,19,20). The molecule has 0 spiro atoms. The van der Waals surface area contributed by atoms with Gasteiger partial charge in [-0.15, -0.1) is 0 Å². The maximum absolute atomic E-state index is 4.29. The summed E-state index contributed by atoms with van der Waals surface area (Å²) in [5.41, 5.74) is 4.31. The molecule has 0 saturated carbocycles. The van der Waals surface area contributed by atoms with E-state index >= 15 is 0 Å². The number of aromatic amines is 1. The predicted molar refractivity (Wildman–Crippen MR) is 80.3 cm³/mol. The number of nitrogens with one attached hydrogen (secondary N) is 2. The van der Waals surface area contributed by atoms with Crippen molar-refractivity contribution in [2.24, 2.45) is 0 Å². The molecule has 0 radical (unpaired) electrons. The molecule has 100 valence electrons. The summed E-state index contributed by atoms with van der Waals surface area (Å²) >= 11 is 0. The van der Waals surface area contributed by atoms with Gasteiger partial charge in [-0.05, 0) is 24.6 Å². The third kappa shape index (κ3) is 2.85. The molecule has 2 aromatic heterocycles. The number of aromatic nitrogens is 3. The van der Waals surface area contributed by atoms with Gasteiger partial charge in [0, 0.05) is 18.8 Å². The fourth-order valence-corrected chi connectivity index (χ4v) is 1.96. The Hall–Kier alpha value is -2.62. The minimum Gasteiger partial charge on any atom is -0.365 e. The van der Waals surface area contributed by atoms with Crippen LogP contribution in [-0.2, 0) is 6.54 Å². The van der Waals surface area contributed by atoms with Gasteiger partial charge in [0.25, 0.3) is 0 Å². The van der Waals surface area contributed by atoms with Crippen LogP contribution in [0.2, 0.25) is 0 Å². The Labute approximate surface area is 117 Å². The summed E-state index contributed by atoms with van der Waals surface area (Å²) in [6.07, 6.45) is 1.77. The Morgan fingerprint density at radius 1 is 1.10 bits per heavy atom. The van der Waals surface area contributed by atoms with E-state index in [9.17, 15) is 0 Å². The summed E-state index contributed by atoms with van der Waals surface area (Å²) in [6.45, 7) is 2.84. The molecule has 4 nitrogen and oxygen atoms in total. The molecule has 4 heteroatoms. The monoisotopic (exact) mass is 264 g/mol. The topological polar surface area (TPSA) is 53.6 Å². The molecule has 3 aromatic rings. The van der Waals surface area contributed by atoms with Gasteiger partial charge in [0.2, 0.25) is 0 Å². The lowest BCUT2D eigenvalue weighted by molar-refractivity contribution is 1.05. The van der Waals surface area contributed by atoms with Crippen LogP contribution in [0.15, 0.2) is 54.7 Å². The van der Waals surface area contributed by atoms with Crippen molar-refractivity contribution in [3.8, 4) is 11.4 Å². The largest absolute Gasteiger partial charge is 0.365 e. The van der Waals surface area contributed by atoms with Crippen LogP contribution in [0, 0.1) is 6.92 Å². The Balaban J connectivity index is 1.67. The Kier molecular flexibility index (Phi) is 3.46. The van der Waals surface area contributed by atoms with Crippen molar-refractivity contribution < 1.29 is 0 Å². The van der Waals surface area contributed by atoms with Crippen LogP contribution >= 0.6 is 0 Å². The zero-order valence-electron chi connectivity index (χ0n) is 11.3. The smallest absolute Gasteiger partial charge is 0.148 e. The molecule has 0 aliphatic rings. The maximum Gasteiger partial charge on any atom is 0.148 e. The lowest BCUT2D eigenvalue weighted by atomic mass is 10.1. The number of hydrogen-bond donors (Lipinski definition) is 2. The highest BCUT2D eigenvalue weighted by Crippen LogP contribution is 2.17. The second-order valence-electron chi connectivity index (χ2n) is 4.72. The zero-order valence-corrected chi connectivity index (χ0v) is 11.3. The van der Waals surface area contributed by atoms with E-state index in [0.717, 1.165) is 23.8 Å². The third-order valence-electron chi connectivity index (χ3n) is 3.11. The van der Waals surface area contributed by atoms with Gasteiger partial charge in [-0.25, -0.2) is 0 Å². The van der Waals surface area contributed by atoms with Crippen LogP contribution in [0.1, 0.15) is 11.1 Å². The molecule has 0 atom stereocenters. The van der Waals surface area contributed by atoms with E-state index in [1.165, 1.54) is 11.1 Å². The molecule has 0 bridgehead atoms. The second kappa shape index (κ2) is 5.57. The van der Waals surface area contributed by atoms with Crippen molar-refractivity contribution in [2.45, 2.75) is 13.5 Å². The fraction of sp³-hybridized carbons (Fsp3) is 0.125. The van der Waals surface area contributed by atoms with E-state index < -0.39 is 0 Å². The third-order valence-corrected chi connectivity index (χ3v) is 3.11. The van der Waals surface area contributed by atoms with Crippen molar-refractivity contribution in [3.05, 3.63) is 65.9 Å². The van der Waals surface area contributed by atoms with Crippen molar-refractivity contribution in [1.29, 1.82) is 0 Å². The summed E-state index contributed by atoms with van der Waals surface area (Å²) in [5, 5.41) is 10.5. The summed E-state index contributed by atoms with van der Waals surface area (Å²) in [5.74, 6) is 0.825. The highest BCUT2D eigenvalue weighted by atomic mass is 15.2. The average Bonchev–Trinajstić information content (AvgIpc) is 2.97. The summed E-state index contributed by atoms with van der Waals surface area (Å²) in [6, 6.07) is 16.2. The van der Waals surface area contributed by atoms with Gasteiger partial charge >= 0.3 is 0 Å². The number of nitrogens with zero attached hydrogens (tertiary/aromatic N) is 2. The van der Waals surface area contributed by atoms with Crippen LogP contribution < -0.4 is 5.32 Å². The van der Waals surface area contributed by atoms with Gasteiger partial charge in [-0.1, -0.05) is 35.9 Å². The molecule has 0 aliphatic heterocycles. The summed E-state index contributed by atoms with van der Waals surface area (Å²) < 4.78 is 0. The van der Waals surface area contributed by atoms with E-state index in [1.54, 1.807) is 6.20 Å². The molecule has 0 unspecified atom stereocenters. The number of benzene rings is 1. The van der Waals surface area contributed by atoms with Crippen LogP contribution in [-0.4, -0.2) is 15.2 Å². The first-order valence-electron chi connectivity index (χ1n) is 6.57. The van der Waals surface area contributed by atoms with Crippen LogP contribution in [0.3, 0.4) is 0 Å². The van der Waals surface area contributed by atoms with E-state index in [4.69, 9.17) is 0 Å². The van der Waals surface area contributed by atoms with Gasteiger partial charge in [0.1, 0.15) is 5.82 Å². The predicted octanol–water partition coefficient (Wildman–Crippen LogP) is 3.39. The summed E-state index contributed by atoms with van der Waals surface area (Å²) in [7, 11) is 0. The lowest BCUT2D eigenvalue weighted by Crippen LogP contribution is -1.99. The number of aryl methyl sites for hydroxylation is 1. The van der Waals surface area contributed by atoms with Crippen molar-refractivity contribution in [3.63, 3.8) is 0 Å². The number of pyridine rings is 1. The van der Waals surface area contributed by atoms with E-state index in [0.29, 0.717) is 0 Å². The van der Waals surface area contributed by atoms with Crippen molar-refractivity contribution in [1.82, 2.24) is 15.2 Å². The van der Waals surface area contributed by atoms with Gasteiger partial charge < -0.3 is 5.32 Å². The molecule has 0 saturated heterocycles. The van der Waals surface area contributed by atoms with Crippen molar-refractivity contribution in [2.75, 3.05) is 5.32 Å². The normalized spacial score (nSPS) is 10.4. The maximum atomic E-state index is 4.29. The second-order valence-corrected chi connectivity index (χ2v) is 4.72. The number of anilines is 1. The average molecular weight is 264 g/mol. The Morgan fingerprint density at radius 2 is 1.95 bits per heavy atom. The van der Waals surface area contributed by atoms with Gasteiger partial charge in [0.15, 0.2) is 0 Å². The fourth-order valence-electron chi connectivity index (χ4n) is 1.96. The molecule has 1 aromatic carbocycles. The van der Waals surface area contributed by atoms with Gasteiger partial charge in [-0.3, -0.25) is 10.1 Å². The summed E-state index contributed by atoms with van der Waals surface area (Å²) in [4.78, 5) is 4.29. The van der Waals surface area contributed by atoms with Gasteiger partial charge in [-0.2, -0.15) is 5.10 Å². The highest BCUT2D eigenvalue weighted by molar-refractivity contribution is 5.58. The van der Waals surface area contributed by atoms with E-state index in [-0.39, 0.29) is 0 Å². The number of H-pyrrole nitrogens is 1. The van der Waals surface area contributed by atoms with Crippen LogP contribution in [0.4, 0.5) is 5.82 Å². The lowest BCUT2D eigenvalue weighted by Gasteiger charge is -2.03. The quantitative estimate of drug-likeness (QED) is 0.759. The Bertz CT molecular complexity index is 671. The van der Waals surface area contributed by atoms with E-state index in [1.807, 2.05) is 24.3 Å². The molecule has 0 aliphatic carbocycles. The first-order valence-corrected chi connectivity index (χ1v) is 6.57. The Morgan fingerprint density at radius 3 is 2.70 bits per heavy atom. The molecule has 3 rings (SSSR count). The van der Waals surface area contributed by atoms with Crippen LogP contribution in [0.5, 0.6) is 0 Å². The van der Waals surface area contributed by atoms with E-state index in [2.05, 4.69) is 51.7 Å². The van der Waals surface area contributed by atoms with Crippen LogP contribution in [0.25, 0.3) is 11.4 Å². The molecular formula is C16H16N4. The first kappa shape index (κ1) is 12.4. The van der Waals surface area contributed by atoms with Gasteiger partial charge in [0.05, 0.1) is 11.4 Å². The minimum atomic E-state index is 0.757. The number of hydrogen-bond acceptors (Lipinski definition) is 3. The molecule has 2 heterocycles. The number of rotatable bonds is 4. The van der Waals surface area contributed by atoms with Crippen molar-refractivity contribution >= 4 is 5.82 Å².